The number of nitrogens with one attached hydrogen (secondary N) is 1. The van der Waals surface area contributed by atoms with Crippen molar-refractivity contribution in [1.29, 1.82) is 0 Å². The van der Waals surface area contributed by atoms with Gasteiger partial charge in [0.1, 0.15) is 0 Å². The van der Waals surface area contributed by atoms with Gasteiger partial charge >= 0.3 is 0 Å². The fourth-order valence-corrected chi connectivity index (χ4v) is 1.65. The van der Waals surface area contributed by atoms with Crippen LogP contribution in [0.1, 0.15) is 5.69 Å². The number of rotatable bonds is 5. The number of nitrogens with zero attached hydrogens (tertiary/aromatic N) is 3. The fraction of sp³-hybridized carbons (Fsp3) is 0.375. The topological polar surface area (TPSA) is 71.3 Å². The van der Waals surface area contributed by atoms with Crippen molar-refractivity contribution >= 4 is 11.3 Å². The first-order valence-corrected chi connectivity index (χ1v) is 5.19. The van der Waals surface area contributed by atoms with Crippen LogP contribution in [0.15, 0.2) is 22.9 Å². The summed E-state index contributed by atoms with van der Waals surface area (Å²) >= 11 is 1.50. The van der Waals surface area contributed by atoms with Crippen LogP contribution in [-0.4, -0.2) is 28.9 Å². The van der Waals surface area contributed by atoms with Gasteiger partial charge in [0.05, 0.1) is 22.7 Å². The molecule has 7 heteroatoms. The monoisotopic (exact) mass is 228 g/mol. The lowest BCUT2D eigenvalue weighted by Crippen LogP contribution is -2.26. The van der Waals surface area contributed by atoms with Gasteiger partial charge in [-0.2, -0.15) is 0 Å². The molecule has 0 fully saturated rings. The van der Waals surface area contributed by atoms with E-state index in [1.54, 1.807) is 24.5 Å². The second kappa shape index (κ2) is 5.30. The molecular formula is C8H12N4O2S. The first-order valence-electron chi connectivity index (χ1n) is 4.24. The van der Waals surface area contributed by atoms with Crippen molar-refractivity contribution in [3.05, 3.63) is 38.7 Å². The summed E-state index contributed by atoms with van der Waals surface area (Å²) < 4.78 is 0. The standard InChI is InChI=1S/C8H12N4O2S/c1-9-8(4-12(13)14)11(2)3-7-5-15-6-10-7/h4-6,9H,3H2,1-2H3/b8-4-. The van der Waals surface area contributed by atoms with Gasteiger partial charge in [0.15, 0.2) is 5.82 Å². The van der Waals surface area contributed by atoms with E-state index in [0.29, 0.717) is 12.4 Å². The Morgan fingerprint density at radius 2 is 2.60 bits per heavy atom. The minimum Gasteiger partial charge on any atom is -0.370 e. The number of thiazole rings is 1. The molecule has 6 nitrogen and oxygen atoms in total. The average molecular weight is 228 g/mol. The van der Waals surface area contributed by atoms with E-state index < -0.39 is 4.92 Å². The summed E-state index contributed by atoms with van der Waals surface area (Å²) in [7, 11) is 3.41. The summed E-state index contributed by atoms with van der Waals surface area (Å²) in [5.74, 6) is 0.452. The zero-order valence-electron chi connectivity index (χ0n) is 8.51. The molecule has 0 aliphatic carbocycles. The molecule has 0 bridgehead atoms. The van der Waals surface area contributed by atoms with Gasteiger partial charge in [-0.25, -0.2) is 4.98 Å². The van der Waals surface area contributed by atoms with Gasteiger partial charge in [-0.1, -0.05) is 0 Å². The Labute approximate surface area is 91.4 Å². The molecule has 0 atom stereocenters. The van der Waals surface area contributed by atoms with Gasteiger partial charge in [0.25, 0.3) is 6.20 Å². The molecule has 0 saturated carbocycles. The van der Waals surface area contributed by atoms with Crippen LogP contribution in [0.5, 0.6) is 0 Å². The van der Waals surface area contributed by atoms with Crippen LogP contribution in [-0.2, 0) is 6.54 Å². The van der Waals surface area contributed by atoms with Gasteiger partial charge in [-0.3, -0.25) is 10.1 Å². The molecule has 1 aromatic rings. The van der Waals surface area contributed by atoms with E-state index in [9.17, 15) is 10.1 Å². The molecule has 0 saturated heterocycles. The van der Waals surface area contributed by atoms with Crippen LogP contribution in [0.4, 0.5) is 0 Å². The average Bonchev–Trinajstić information content (AvgIpc) is 2.66. The van der Waals surface area contributed by atoms with Crippen molar-refractivity contribution in [3.63, 3.8) is 0 Å². The summed E-state index contributed by atoms with van der Waals surface area (Å²) in [5, 5.41) is 15.0. The van der Waals surface area contributed by atoms with Gasteiger partial charge in [-0.15, -0.1) is 11.3 Å². The Hall–Kier alpha value is -1.63. The highest BCUT2D eigenvalue weighted by molar-refractivity contribution is 7.07. The Kier molecular flexibility index (Phi) is 4.04. The van der Waals surface area contributed by atoms with Gasteiger partial charge in [-0.05, 0) is 0 Å². The van der Waals surface area contributed by atoms with Crippen LogP contribution in [0, 0.1) is 10.1 Å². The number of aromatic nitrogens is 1. The molecule has 0 unspecified atom stereocenters. The van der Waals surface area contributed by atoms with E-state index in [2.05, 4.69) is 10.3 Å². The lowest BCUT2D eigenvalue weighted by atomic mass is 10.4. The molecule has 1 rings (SSSR count). The van der Waals surface area contributed by atoms with Gasteiger partial charge in [0, 0.05) is 19.5 Å². The smallest absolute Gasteiger partial charge is 0.274 e. The molecule has 15 heavy (non-hydrogen) atoms. The maximum absolute atomic E-state index is 10.3. The zero-order chi connectivity index (χ0) is 11.3. The normalized spacial score (nSPS) is 11.2. The van der Waals surface area contributed by atoms with Crippen molar-refractivity contribution in [2.45, 2.75) is 6.54 Å². The van der Waals surface area contributed by atoms with Crippen LogP contribution >= 0.6 is 11.3 Å². The molecule has 1 heterocycles. The lowest BCUT2D eigenvalue weighted by molar-refractivity contribution is -0.404. The second-order valence-electron chi connectivity index (χ2n) is 2.89. The van der Waals surface area contributed by atoms with Crippen LogP contribution in [0.25, 0.3) is 0 Å². The summed E-state index contributed by atoms with van der Waals surface area (Å²) in [6.07, 6.45) is 0.937. The van der Waals surface area contributed by atoms with E-state index >= 15 is 0 Å². The highest BCUT2D eigenvalue weighted by atomic mass is 32.1. The van der Waals surface area contributed by atoms with E-state index in [-0.39, 0.29) is 0 Å². The molecule has 0 spiro atoms. The van der Waals surface area contributed by atoms with Crippen molar-refractivity contribution < 1.29 is 4.92 Å². The quantitative estimate of drug-likeness (QED) is 0.598. The predicted molar refractivity (Wildman–Crippen MR) is 57.7 cm³/mol. The maximum atomic E-state index is 10.3. The lowest BCUT2D eigenvalue weighted by Gasteiger charge is -2.18. The summed E-state index contributed by atoms with van der Waals surface area (Å²) in [4.78, 5) is 15.7. The Bertz CT molecular complexity index is 350. The highest BCUT2D eigenvalue weighted by Crippen LogP contribution is 2.07. The minimum absolute atomic E-state index is 0.452. The predicted octanol–water partition coefficient (Wildman–Crippen LogP) is 0.870. The summed E-state index contributed by atoms with van der Waals surface area (Å²) in [5.41, 5.74) is 2.63. The van der Waals surface area contributed by atoms with Crippen molar-refractivity contribution in [1.82, 2.24) is 15.2 Å². The van der Waals surface area contributed by atoms with Crippen molar-refractivity contribution in [2.24, 2.45) is 0 Å². The van der Waals surface area contributed by atoms with E-state index in [4.69, 9.17) is 0 Å². The maximum Gasteiger partial charge on any atom is 0.274 e. The Balaban J connectivity index is 2.66. The fourth-order valence-electron chi connectivity index (χ4n) is 1.10. The van der Waals surface area contributed by atoms with Gasteiger partial charge in [0.2, 0.25) is 0 Å². The minimum atomic E-state index is -0.483. The summed E-state index contributed by atoms with van der Waals surface area (Å²) in [6.45, 7) is 0.546. The Morgan fingerprint density at radius 1 is 1.87 bits per heavy atom. The largest absolute Gasteiger partial charge is 0.370 e. The third-order valence-corrected chi connectivity index (χ3v) is 2.41. The molecule has 82 valence electrons. The second-order valence-corrected chi connectivity index (χ2v) is 3.60. The SMILES string of the molecule is CN/C(=C/[N+](=O)[O-])N(C)Cc1cscn1. The van der Waals surface area contributed by atoms with Crippen molar-refractivity contribution in [3.8, 4) is 0 Å². The molecule has 0 aromatic carbocycles. The van der Waals surface area contributed by atoms with Crippen LogP contribution in [0.3, 0.4) is 0 Å². The zero-order valence-corrected chi connectivity index (χ0v) is 9.32. The third-order valence-electron chi connectivity index (χ3n) is 1.78. The Morgan fingerprint density at radius 3 is 3.07 bits per heavy atom. The molecule has 1 N–H and O–H groups in total. The molecule has 0 aliphatic heterocycles. The molecule has 0 radical (unpaired) electrons. The summed E-state index contributed by atoms with van der Waals surface area (Å²) in [6, 6.07) is 0. The number of nitro groups is 1. The molecule has 1 aromatic heterocycles. The van der Waals surface area contributed by atoms with Crippen LogP contribution < -0.4 is 5.32 Å². The van der Waals surface area contributed by atoms with Gasteiger partial charge < -0.3 is 10.2 Å². The molecule has 0 amide bonds. The first kappa shape index (κ1) is 11.4. The van der Waals surface area contributed by atoms with E-state index in [0.717, 1.165) is 11.9 Å². The molecule has 0 aliphatic rings. The highest BCUT2D eigenvalue weighted by Gasteiger charge is 2.08. The van der Waals surface area contributed by atoms with Crippen LogP contribution in [0.2, 0.25) is 0 Å². The first-order chi connectivity index (χ1) is 7.13. The van der Waals surface area contributed by atoms with E-state index in [1.807, 2.05) is 5.38 Å². The van der Waals surface area contributed by atoms with E-state index in [1.165, 1.54) is 11.3 Å². The third kappa shape index (κ3) is 3.55. The molecular weight excluding hydrogens is 216 g/mol. The number of hydrogen-bond donors (Lipinski definition) is 1. The number of hydrogen-bond acceptors (Lipinski definition) is 6. The van der Waals surface area contributed by atoms with Crippen molar-refractivity contribution in [2.75, 3.05) is 14.1 Å².